The van der Waals surface area contributed by atoms with Gasteiger partial charge in [-0.25, -0.2) is 0 Å². The molecular formula is C19H22N2O4. The molecule has 2 aromatic rings. The molecular weight excluding hydrogens is 320 g/mol. The summed E-state index contributed by atoms with van der Waals surface area (Å²) >= 11 is 0. The summed E-state index contributed by atoms with van der Waals surface area (Å²) in [6, 6.07) is 11.5. The van der Waals surface area contributed by atoms with E-state index in [2.05, 4.69) is 32.2 Å². The maximum absolute atomic E-state index is 12.1. The minimum Gasteiger partial charge on any atom is -0.483 e. The van der Waals surface area contributed by atoms with Gasteiger partial charge in [0.05, 0.1) is 4.92 Å². The van der Waals surface area contributed by atoms with Crippen LogP contribution >= 0.6 is 0 Å². The van der Waals surface area contributed by atoms with Crippen LogP contribution in [0, 0.1) is 17.0 Å². The number of aryl methyl sites for hydroxylation is 1. The van der Waals surface area contributed by atoms with Crippen LogP contribution in [0.15, 0.2) is 42.5 Å². The van der Waals surface area contributed by atoms with Crippen molar-refractivity contribution in [2.75, 3.05) is 11.9 Å². The lowest BCUT2D eigenvalue weighted by Crippen LogP contribution is -2.22. The van der Waals surface area contributed by atoms with Crippen LogP contribution in [0.3, 0.4) is 0 Å². The number of rotatable bonds is 5. The molecule has 0 aromatic heterocycles. The van der Waals surface area contributed by atoms with Gasteiger partial charge in [-0.05, 0) is 36.1 Å². The maximum atomic E-state index is 12.1. The Morgan fingerprint density at radius 1 is 1.16 bits per heavy atom. The Morgan fingerprint density at radius 3 is 2.36 bits per heavy atom. The van der Waals surface area contributed by atoms with E-state index in [-0.39, 0.29) is 23.6 Å². The largest absolute Gasteiger partial charge is 0.483 e. The molecule has 0 saturated heterocycles. The molecule has 0 aliphatic heterocycles. The summed E-state index contributed by atoms with van der Waals surface area (Å²) in [5.41, 5.74) is 2.53. The first kappa shape index (κ1) is 18.4. The second-order valence-electron chi connectivity index (χ2n) is 6.89. The predicted molar refractivity (Wildman–Crippen MR) is 97.1 cm³/mol. The van der Waals surface area contributed by atoms with E-state index >= 15 is 0 Å². The number of hydrogen-bond donors (Lipinski definition) is 1. The molecule has 0 heterocycles. The number of hydrogen-bond acceptors (Lipinski definition) is 4. The molecule has 0 aliphatic rings. The molecule has 6 nitrogen and oxygen atoms in total. The molecule has 0 radical (unpaired) electrons. The molecule has 0 spiro atoms. The number of nitro benzene ring substituents is 1. The Morgan fingerprint density at radius 2 is 1.80 bits per heavy atom. The third-order valence-electron chi connectivity index (χ3n) is 3.66. The van der Waals surface area contributed by atoms with Crippen molar-refractivity contribution in [3.8, 4) is 5.75 Å². The maximum Gasteiger partial charge on any atom is 0.269 e. The number of nitro groups is 1. The van der Waals surface area contributed by atoms with Crippen molar-refractivity contribution in [3.63, 3.8) is 0 Å². The van der Waals surface area contributed by atoms with Gasteiger partial charge in [-0.15, -0.1) is 0 Å². The van der Waals surface area contributed by atoms with Gasteiger partial charge >= 0.3 is 0 Å². The second kappa shape index (κ2) is 7.34. The quantitative estimate of drug-likeness (QED) is 0.651. The molecule has 1 N–H and O–H groups in total. The molecule has 2 rings (SSSR count). The summed E-state index contributed by atoms with van der Waals surface area (Å²) in [4.78, 5) is 22.2. The number of amides is 1. The van der Waals surface area contributed by atoms with Gasteiger partial charge in [0.1, 0.15) is 5.75 Å². The molecule has 0 aliphatic carbocycles. The lowest BCUT2D eigenvalue weighted by Gasteiger charge is -2.23. The Labute approximate surface area is 147 Å². The van der Waals surface area contributed by atoms with Crippen molar-refractivity contribution in [3.05, 3.63) is 63.7 Å². The van der Waals surface area contributed by atoms with Crippen molar-refractivity contribution in [2.45, 2.75) is 33.1 Å². The van der Waals surface area contributed by atoms with Crippen LogP contribution in [-0.2, 0) is 10.2 Å². The number of anilines is 1. The molecule has 1 amide bonds. The molecule has 0 fully saturated rings. The smallest absolute Gasteiger partial charge is 0.269 e. The highest BCUT2D eigenvalue weighted by atomic mass is 16.6. The first-order chi connectivity index (χ1) is 11.7. The Bertz CT molecular complexity index is 777. The van der Waals surface area contributed by atoms with Crippen LogP contribution in [-0.4, -0.2) is 17.4 Å². The van der Waals surface area contributed by atoms with E-state index in [0.29, 0.717) is 11.4 Å². The van der Waals surface area contributed by atoms with Crippen LogP contribution in [0.1, 0.15) is 31.9 Å². The van der Waals surface area contributed by atoms with Crippen LogP contribution in [0.25, 0.3) is 0 Å². The highest BCUT2D eigenvalue weighted by Gasteiger charge is 2.19. The third-order valence-corrected chi connectivity index (χ3v) is 3.66. The van der Waals surface area contributed by atoms with E-state index in [9.17, 15) is 14.9 Å². The zero-order valence-corrected chi connectivity index (χ0v) is 14.8. The third kappa shape index (κ3) is 5.04. The van der Waals surface area contributed by atoms with Gasteiger partial charge in [-0.1, -0.05) is 38.5 Å². The lowest BCUT2D eigenvalue weighted by molar-refractivity contribution is -0.384. The first-order valence-corrected chi connectivity index (χ1v) is 7.95. The highest BCUT2D eigenvalue weighted by molar-refractivity contribution is 5.92. The van der Waals surface area contributed by atoms with E-state index in [1.807, 2.05) is 19.1 Å². The number of nitrogens with zero attached hydrogens (tertiary/aromatic N) is 1. The van der Waals surface area contributed by atoms with Crippen molar-refractivity contribution in [1.29, 1.82) is 0 Å². The molecule has 0 atom stereocenters. The normalized spacial score (nSPS) is 11.0. The number of carbonyl (C=O) groups excluding carboxylic acids is 1. The fourth-order valence-corrected chi connectivity index (χ4v) is 2.36. The average molecular weight is 342 g/mol. The van der Waals surface area contributed by atoms with Gasteiger partial charge < -0.3 is 10.1 Å². The average Bonchev–Trinajstić information content (AvgIpc) is 2.53. The Balaban J connectivity index is 2.02. The summed E-state index contributed by atoms with van der Waals surface area (Å²) in [6.07, 6.45) is 0. The zero-order valence-electron chi connectivity index (χ0n) is 14.8. The molecule has 2 aromatic carbocycles. The standard InChI is InChI=1S/C19H22N2O4/c1-13-5-10-17(16(11-13)19(2,3)4)25-12-18(22)20-14-6-8-15(9-7-14)21(23)24/h5-11H,12H2,1-4H3,(H,20,22). The monoisotopic (exact) mass is 342 g/mol. The van der Waals surface area contributed by atoms with E-state index < -0.39 is 4.92 Å². The van der Waals surface area contributed by atoms with Crippen LogP contribution in [0.2, 0.25) is 0 Å². The molecule has 25 heavy (non-hydrogen) atoms. The highest BCUT2D eigenvalue weighted by Crippen LogP contribution is 2.32. The van der Waals surface area contributed by atoms with E-state index in [4.69, 9.17) is 4.74 Å². The zero-order chi connectivity index (χ0) is 18.6. The van der Waals surface area contributed by atoms with Gasteiger partial charge in [0.2, 0.25) is 0 Å². The SMILES string of the molecule is Cc1ccc(OCC(=O)Nc2ccc([N+](=O)[O-])cc2)c(C(C)(C)C)c1. The van der Waals surface area contributed by atoms with E-state index in [1.165, 1.54) is 24.3 Å². The fourth-order valence-electron chi connectivity index (χ4n) is 2.36. The summed E-state index contributed by atoms with van der Waals surface area (Å²) < 4.78 is 5.69. The summed E-state index contributed by atoms with van der Waals surface area (Å²) in [7, 11) is 0. The van der Waals surface area contributed by atoms with Gasteiger partial charge in [0.15, 0.2) is 6.61 Å². The number of ether oxygens (including phenoxy) is 1. The predicted octanol–water partition coefficient (Wildman–Crippen LogP) is 4.22. The molecule has 0 saturated carbocycles. The Kier molecular flexibility index (Phi) is 5.41. The summed E-state index contributed by atoms with van der Waals surface area (Å²) in [6.45, 7) is 8.15. The lowest BCUT2D eigenvalue weighted by atomic mass is 9.85. The van der Waals surface area contributed by atoms with Gasteiger partial charge in [0, 0.05) is 17.8 Å². The Hall–Kier alpha value is -2.89. The summed E-state index contributed by atoms with van der Waals surface area (Å²) in [5.74, 6) is 0.353. The summed E-state index contributed by atoms with van der Waals surface area (Å²) in [5, 5.41) is 13.3. The molecule has 0 bridgehead atoms. The number of nitrogens with one attached hydrogen (secondary N) is 1. The van der Waals surface area contributed by atoms with Crippen molar-refractivity contribution >= 4 is 17.3 Å². The minimum absolute atomic E-state index is 0.0243. The van der Waals surface area contributed by atoms with Crippen molar-refractivity contribution < 1.29 is 14.5 Å². The van der Waals surface area contributed by atoms with E-state index in [0.717, 1.165) is 11.1 Å². The number of benzene rings is 2. The minimum atomic E-state index is -0.486. The second-order valence-corrected chi connectivity index (χ2v) is 6.89. The molecule has 6 heteroatoms. The van der Waals surface area contributed by atoms with Crippen LogP contribution < -0.4 is 10.1 Å². The first-order valence-electron chi connectivity index (χ1n) is 7.95. The topological polar surface area (TPSA) is 81.5 Å². The van der Waals surface area contributed by atoms with Crippen LogP contribution in [0.5, 0.6) is 5.75 Å². The van der Waals surface area contributed by atoms with Gasteiger partial charge in [-0.2, -0.15) is 0 Å². The molecule has 0 unspecified atom stereocenters. The van der Waals surface area contributed by atoms with Crippen molar-refractivity contribution in [2.24, 2.45) is 0 Å². The molecule has 132 valence electrons. The number of carbonyl (C=O) groups is 1. The fraction of sp³-hybridized carbons (Fsp3) is 0.316. The van der Waals surface area contributed by atoms with E-state index in [1.54, 1.807) is 0 Å². The van der Waals surface area contributed by atoms with Gasteiger partial charge in [-0.3, -0.25) is 14.9 Å². The van der Waals surface area contributed by atoms with Gasteiger partial charge in [0.25, 0.3) is 11.6 Å². The van der Waals surface area contributed by atoms with Crippen molar-refractivity contribution in [1.82, 2.24) is 0 Å². The van der Waals surface area contributed by atoms with Crippen LogP contribution in [0.4, 0.5) is 11.4 Å². The number of non-ortho nitro benzene ring substituents is 1.